The molecule has 0 saturated carbocycles. The lowest BCUT2D eigenvalue weighted by molar-refractivity contribution is 0.0875. The van der Waals surface area contributed by atoms with Gasteiger partial charge in [0.25, 0.3) is 0 Å². The first-order chi connectivity index (χ1) is 6.08. The number of halogens is 1. The average Bonchev–Trinajstić information content (AvgIpc) is 2.14. The van der Waals surface area contributed by atoms with Crippen LogP contribution in [-0.2, 0) is 0 Å². The van der Waals surface area contributed by atoms with Gasteiger partial charge in [0.15, 0.2) is 0 Å². The molecule has 0 heterocycles. The second-order valence-corrected chi connectivity index (χ2v) is 4.28. The van der Waals surface area contributed by atoms with Gasteiger partial charge in [-0.1, -0.05) is 33.6 Å². The van der Waals surface area contributed by atoms with Gasteiger partial charge in [-0.25, -0.2) is 4.39 Å². The van der Waals surface area contributed by atoms with Crippen LogP contribution < -0.4 is 0 Å². The highest BCUT2D eigenvalue weighted by Crippen LogP contribution is 2.30. The summed E-state index contributed by atoms with van der Waals surface area (Å²) in [6, 6.07) is 0. The summed E-state index contributed by atoms with van der Waals surface area (Å²) in [7, 11) is 0. The predicted octanol–water partition coefficient (Wildman–Crippen LogP) is 3.31. The highest BCUT2D eigenvalue weighted by atomic mass is 19.1. The number of unbranched alkanes of at least 4 members (excludes halogenated alkanes) is 1. The summed E-state index contributed by atoms with van der Waals surface area (Å²) in [6.07, 6.45) is 3.42. The second-order valence-electron chi connectivity index (χ2n) is 4.28. The van der Waals surface area contributed by atoms with E-state index in [-0.39, 0.29) is 12.0 Å². The molecule has 1 N–H and O–H groups in total. The third-order valence-corrected chi connectivity index (χ3v) is 2.67. The normalized spacial score (nSPS) is 18.2. The summed E-state index contributed by atoms with van der Waals surface area (Å²) < 4.78 is 13.1. The lowest BCUT2D eigenvalue weighted by Gasteiger charge is -2.28. The smallest absolute Gasteiger partial charge is 0.100 e. The van der Waals surface area contributed by atoms with Crippen molar-refractivity contribution in [2.75, 3.05) is 6.61 Å². The first-order valence-electron chi connectivity index (χ1n) is 5.33. The maximum Gasteiger partial charge on any atom is 0.100 e. The number of aliphatic hydroxyl groups is 1. The molecule has 0 aromatic rings. The number of hydrogen-bond acceptors (Lipinski definition) is 1. The minimum atomic E-state index is -0.756. The van der Waals surface area contributed by atoms with E-state index in [0.717, 1.165) is 19.3 Å². The van der Waals surface area contributed by atoms with E-state index >= 15 is 0 Å². The SMILES string of the molecule is CCCC[C@@](C)(CO)CC(F)CC. The predicted molar refractivity (Wildman–Crippen MR) is 54.5 cm³/mol. The first kappa shape index (κ1) is 12.9. The number of rotatable bonds is 7. The van der Waals surface area contributed by atoms with Crippen molar-refractivity contribution in [3.8, 4) is 0 Å². The fraction of sp³-hybridized carbons (Fsp3) is 1.00. The van der Waals surface area contributed by atoms with Crippen LogP contribution >= 0.6 is 0 Å². The van der Waals surface area contributed by atoms with Gasteiger partial charge in [0.2, 0.25) is 0 Å². The fourth-order valence-corrected chi connectivity index (χ4v) is 1.53. The monoisotopic (exact) mass is 190 g/mol. The van der Waals surface area contributed by atoms with Gasteiger partial charge in [-0.05, 0) is 24.7 Å². The molecule has 0 rings (SSSR count). The fourth-order valence-electron chi connectivity index (χ4n) is 1.53. The number of aliphatic hydroxyl groups excluding tert-OH is 1. The zero-order chi connectivity index (χ0) is 10.3. The molecule has 0 aromatic heterocycles. The molecule has 2 atom stereocenters. The van der Waals surface area contributed by atoms with E-state index in [9.17, 15) is 9.50 Å². The van der Waals surface area contributed by atoms with Crippen LogP contribution in [0.5, 0.6) is 0 Å². The number of alkyl halides is 1. The molecule has 1 unspecified atom stereocenters. The van der Waals surface area contributed by atoms with Crippen molar-refractivity contribution in [2.45, 2.75) is 59.0 Å². The van der Waals surface area contributed by atoms with Crippen LogP contribution in [0.3, 0.4) is 0 Å². The van der Waals surface area contributed by atoms with Crippen molar-refractivity contribution >= 4 is 0 Å². The molecule has 2 heteroatoms. The van der Waals surface area contributed by atoms with Crippen LogP contribution in [0.2, 0.25) is 0 Å². The maximum absolute atomic E-state index is 13.1. The zero-order valence-corrected chi connectivity index (χ0v) is 9.15. The van der Waals surface area contributed by atoms with E-state index < -0.39 is 6.17 Å². The van der Waals surface area contributed by atoms with Crippen LogP contribution in [0.1, 0.15) is 52.9 Å². The van der Waals surface area contributed by atoms with Gasteiger partial charge in [0.05, 0.1) is 0 Å². The Morgan fingerprint density at radius 1 is 1.38 bits per heavy atom. The number of hydrogen-bond donors (Lipinski definition) is 1. The van der Waals surface area contributed by atoms with Crippen molar-refractivity contribution < 1.29 is 9.50 Å². The molecule has 80 valence electrons. The van der Waals surface area contributed by atoms with Crippen molar-refractivity contribution in [3.05, 3.63) is 0 Å². The quantitative estimate of drug-likeness (QED) is 0.653. The highest BCUT2D eigenvalue weighted by molar-refractivity contribution is 4.76. The van der Waals surface area contributed by atoms with Crippen LogP contribution in [0.4, 0.5) is 4.39 Å². The largest absolute Gasteiger partial charge is 0.396 e. The summed E-state index contributed by atoms with van der Waals surface area (Å²) in [4.78, 5) is 0. The lowest BCUT2D eigenvalue weighted by Crippen LogP contribution is -2.25. The Labute approximate surface area is 81.3 Å². The minimum Gasteiger partial charge on any atom is -0.396 e. The lowest BCUT2D eigenvalue weighted by atomic mass is 9.80. The first-order valence-corrected chi connectivity index (χ1v) is 5.33. The Kier molecular flexibility index (Phi) is 6.31. The van der Waals surface area contributed by atoms with Crippen molar-refractivity contribution in [3.63, 3.8) is 0 Å². The second kappa shape index (κ2) is 6.36. The Morgan fingerprint density at radius 3 is 2.38 bits per heavy atom. The molecule has 0 aliphatic rings. The van der Waals surface area contributed by atoms with Gasteiger partial charge in [-0.15, -0.1) is 0 Å². The summed E-state index contributed by atoms with van der Waals surface area (Å²) in [5.41, 5.74) is -0.203. The van der Waals surface area contributed by atoms with Gasteiger partial charge in [-0.2, -0.15) is 0 Å². The summed E-state index contributed by atoms with van der Waals surface area (Å²) in [6.45, 7) is 6.05. The molecule has 0 aliphatic carbocycles. The Morgan fingerprint density at radius 2 is 2.00 bits per heavy atom. The molecular formula is C11H23FO. The Hall–Kier alpha value is -0.110. The van der Waals surface area contributed by atoms with E-state index in [1.54, 1.807) is 0 Å². The average molecular weight is 190 g/mol. The molecular weight excluding hydrogens is 167 g/mol. The van der Waals surface area contributed by atoms with Gasteiger partial charge in [-0.3, -0.25) is 0 Å². The van der Waals surface area contributed by atoms with Gasteiger partial charge >= 0.3 is 0 Å². The van der Waals surface area contributed by atoms with E-state index in [1.165, 1.54) is 0 Å². The van der Waals surface area contributed by atoms with Crippen LogP contribution in [0.25, 0.3) is 0 Å². The van der Waals surface area contributed by atoms with E-state index in [4.69, 9.17) is 0 Å². The molecule has 13 heavy (non-hydrogen) atoms. The molecule has 0 spiro atoms. The Bertz CT molecular complexity index is 127. The van der Waals surface area contributed by atoms with E-state index in [2.05, 4.69) is 6.92 Å². The molecule has 0 aliphatic heterocycles. The maximum atomic E-state index is 13.1. The van der Waals surface area contributed by atoms with Gasteiger partial charge in [0, 0.05) is 6.61 Å². The molecule has 0 fully saturated rings. The summed E-state index contributed by atoms with van der Waals surface area (Å²) in [5, 5.41) is 9.19. The summed E-state index contributed by atoms with van der Waals surface area (Å²) in [5.74, 6) is 0. The van der Waals surface area contributed by atoms with Gasteiger partial charge in [0.1, 0.15) is 6.17 Å². The van der Waals surface area contributed by atoms with E-state index in [0.29, 0.717) is 12.8 Å². The molecule has 0 amide bonds. The Balaban J connectivity index is 3.94. The van der Waals surface area contributed by atoms with Gasteiger partial charge < -0.3 is 5.11 Å². The topological polar surface area (TPSA) is 20.2 Å². The molecule has 0 radical (unpaired) electrons. The van der Waals surface area contributed by atoms with Crippen molar-refractivity contribution in [1.29, 1.82) is 0 Å². The van der Waals surface area contributed by atoms with Crippen LogP contribution in [-0.4, -0.2) is 17.9 Å². The molecule has 0 saturated heterocycles. The molecule has 0 bridgehead atoms. The third-order valence-electron chi connectivity index (χ3n) is 2.67. The highest BCUT2D eigenvalue weighted by Gasteiger charge is 2.26. The molecule has 0 aromatic carbocycles. The summed E-state index contributed by atoms with van der Waals surface area (Å²) >= 11 is 0. The van der Waals surface area contributed by atoms with Crippen LogP contribution in [0.15, 0.2) is 0 Å². The zero-order valence-electron chi connectivity index (χ0n) is 9.15. The minimum absolute atomic E-state index is 0.105. The standard InChI is InChI=1S/C11H23FO/c1-4-6-7-11(3,9-13)8-10(12)5-2/h10,13H,4-9H2,1-3H3/t10?,11-/m1/s1. The van der Waals surface area contributed by atoms with E-state index in [1.807, 2.05) is 13.8 Å². The third kappa shape index (κ3) is 5.25. The molecule has 1 nitrogen and oxygen atoms in total. The van der Waals surface area contributed by atoms with Crippen molar-refractivity contribution in [1.82, 2.24) is 0 Å². The van der Waals surface area contributed by atoms with Crippen molar-refractivity contribution in [2.24, 2.45) is 5.41 Å². The van der Waals surface area contributed by atoms with Crippen LogP contribution in [0, 0.1) is 5.41 Å².